The van der Waals surface area contributed by atoms with Crippen LogP contribution in [-0.4, -0.2) is 23.2 Å². The van der Waals surface area contributed by atoms with Gasteiger partial charge in [-0.15, -0.1) is 6.58 Å². The van der Waals surface area contributed by atoms with Gasteiger partial charge in [-0.05, 0) is 19.3 Å². The zero-order valence-electron chi connectivity index (χ0n) is 8.63. The second kappa shape index (κ2) is 5.02. The third kappa shape index (κ3) is 4.08. The lowest BCUT2D eigenvalue weighted by Crippen LogP contribution is -2.50. The summed E-state index contributed by atoms with van der Waals surface area (Å²) in [5, 5.41) is 12.0. The average Bonchev–Trinajstić information content (AvgIpc) is 1.99. The van der Waals surface area contributed by atoms with E-state index in [1.807, 2.05) is 13.8 Å². The first-order valence-electron chi connectivity index (χ1n) is 4.51. The standard InChI is InChI=1S/C10H19NO2/c1-5-6-11-10(4,9(12)13)7-8(2)3/h5,8,11H,1,6-7H2,2-4H3,(H,12,13). The van der Waals surface area contributed by atoms with E-state index in [4.69, 9.17) is 5.11 Å². The maximum Gasteiger partial charge on any atom is 0.323 e. The van der Waals surface area contributed by atoms with E-state index in [0.29, 0.717) is 18.9 Å². The fourth-order valence-corrected chi connectivity index (χ4v) is 1.35. The Labute approximate surface area is 79.8 Å². The SMILES string of the molecule is C=CCNC(C)(CC(C)C)C(=O)O. The smallest absolute Gasteiger partial charge is 0.323 e. The van der Waals surface area contributed by atoms with E-state index in [1.165, 1.54) is 0 Å². The normalized spacial score (nSPS) is 15.4. The van der Waals surface area contributed by atoms with Gasteiger partial charge in [0.05, 0.1) is 0 Å². The molecule has 13 heavy (non-hydrogen) atoms. The Morgan fingerprint density at radius 1 is 1.69 bits per heavy atom. The maximum atomic E-state index is 11.0. The van der Waals surface area contributed by atoms with Crippen molar-refractivity contribution in [3.05, 3.63) is 12.7 Å². The highest BCUT2D eigenvalue weighted by Crippen LogP contribution is 2.16. The molecule has 0 amide bonds. The first-order valence-corrected chi connectivity index (χ1v) is 4.51. The molecule has 0 spiro atoms. The van der Waals surface area contributed by atoms with Crippen LogP contribution in [0.25, 0.3) is 0 Å². The zero-order valence-corrected chi connectivity index (χ0v) is 8.63. The second-order valence-corrected chi connectivity index (χ2v) is 3.90. The van der Waals surface area contributed by atoms with Crippen molar-refractivity contribution in [2.45, 2.75) is 32.7 Å². The molecule has 0 aromatic rings. The first-order chi connectivity index (χ1) is 5.92. The molecule has 0 rings (SSSR count). The van der Waals surface area contributed by atoms with Crippen molar-refractivity contribution in [2.75, 3.05) is 6.54 Å². The Kier molecular flexibility index (Phi) is 4.70. The molecular weight excluding hydrogens is 166 g/mol. The monoisotopic (exact) mass is 185 g/mol. The topological polar surface area (TPSA) is 49.3 Å². The highest BCUT2D eigenvalue weighted by atomic mass is 16.4. The van der Waals surface area contributed by atoms with Gasteiger partial charge in [0.1, 0.15) is 5.54 Å². The average molecular weight is 185 g/mol. The van der Waals surface area contributed by atoms with Gasteiger partial charge >= 0.3 is 5.97 Å². The van der Waals surface area contributed by atoms with Crippen LogP contribution in [0.5, 0.6) is 0 Å². The minimum absolute atomic E-state index is 0.360. The van der Waals surface area contributed by atoms with Gasteiger partial charge in [-0.2, -0.15) is 0 Å². The van der Waals surface area contributed by atoms with Crippen LogP contribution < -0.4 is 5.32 Å². The Bertz CT molecular complexity index is 189. The summed E-state index contributed by atoms with van der Waals surface area (Å²) in [6, 6.07) is 0. The third-order valence-corrected chi connectivity index (χ3v) is 1.93. The van der Waals surface area contributed by atoms with Crippen molar-refractivity contribution in [3.63, 3.8) is 0 Å². The highest BCUT2D eigenvalue weighted by molar-refractivity contribution is 5.78. The fraction of sp³-hybridized carbons (Fsp3) is 0.700. The Morgan fingerprint density at radius 2 is 2.23 bits per heavy atom. The van der Waals surface area contributed by atoms with Gasteiger partial charge < -0.3 is 5.11 Å². The van der Waals surface area contributed by atoms with E-state index in [2.05, 4.69) is 11.9 Å². The van der Waals surface area contributed by atoms with Crippen molar-refractivity contribution in [1.82, 2.24) is 5.32 Å². The molecule has 0 aliphatic carbocycles. The number of carbonyl (C=O) groups is 1. The number of aliphatic carboxylic acids is 1. The summed E-state index contributed by atoms with van der Waals surface area (Å²) < 4.78 is 0. The van der Waals surface area contributed by atoms with Crippen molar-refractivity contribution < 1.29 is 9.90 Å². The van der Waals surface area contributed by atoms with Crippen LogP contribution >= 0.6 is 0 Å². The summed E-state index contributed by atoms with van der Waals surface area (Å²) >= 11 is 0. The highest BCUT2D eigenvalue weighted by Gasteiger charge is 2.32. The number of hydrogen-bond donors (Lipinski definition) is 2. The van der Waals surface area contributed by atoms with Crippen LogP contribution in [0.2, 0.25) is 0 Å². The lowest BCUT2D eigenvalue weighted by molar-refractivity contribution is -0.144. The Hall–Kier alpha value is -0.830. The van der Waals surface area contributed by atoms with Gasteiger partial charge in [0.2, 0.25) is 0 Å². The van der Waals surface area contributed by atoms with Crippen molar-refractivity contribution >= 4 is 5.97 Å². The molecule has 2 N–H and O–H groups in total. The van der Waals surface area contributed by atoms with Gasteiger partial charge in [-0.25, -0.2) is 0 Å². The molecule has 0 saturated carbocycles. The summed E-state index contributed by atoms with van der Waals surface area (Å²) in [6.07, 6.45) is 2.29. The van der Waals surface area contributed by atoms with Gasteiger partial charge in [-0.1, -0.05) is 19.9 Å². The molecule has 1 unspecified atom stereocenters. The quantitative estimate of drug-likeness (QED) is 0.619. The van der Waals surface area contributed by atoms with Crippen LogP contribution in [0.4, 0.5) is 0 Å². The molecule has 76 valence electrons. The molecular formula is C10H19NO2. The van der Waals surface area contributed by atoms with Gasteiger partial charge in [0.15, 0.2) is 0 Å². The van der Waals surface area contributed by atoms with E-state index in [9.17, 15) is 4.79 Å². The van der Waals surface area contributed by atoms with Gasteiger partial charge in [0.25, 0.3) is 0 Å². The molecule has 0 saturated heterocycles. The minimum atomic E-state index is -0.831. The lowest BCUT2D eigenvalue weighted by atomic mass is 9.91. The van der Waals surface area contributed by atoms with Crippen LogP contribution in [0.3, 0.4) is 0 Å². The summed E-state index contributed by atoms with van der Waals surface area (Å²) in [5.41, 5.74) is -0.831. The van der Waals surface area contributed by atoms with Crippen LogP contribution in [0, 0.1) is 5.92 Å². The second-order valence-electron chi connectivity index (χ2n) is 3.90. The molecule has 0 radical (unpaired) electrons. The predicted octanol–water partition coefficient (Wildman–Crippen LogP) is 1.65. The number of nitrogens with one attached hydrogen (secondary N) is 1. The molecule has 3 heteroatoms. The lowest BCUT2D eigenvalue weighted by Gasteiger charge is -2.27. The fourth-order valence-electron chi connectivity index (χ4n) is 1.35. The number of hydrogen-bond acceptors (Lipinski definition) is 2. The van der Waals surface area contributed by atoms with E-state index in [1.54, 1.807) is 13.0 Å². The minimum Gasteiger partial charge on any atom is -0.480 e. The molecule has 0 aromatic carbocycles. The molecule has 0 aliphatic heterocycles. The summed E-state index contributed by atoms with van der Waals surface area (Å²) in [7, 11) is 0. The van der Waals surface area contributed by atoms with Gasteiger partial charge in [0, 0.05) is 6.54 Å². The summed E-state index contributed by atoms with van der Waals surface area (Å²) in [4.78, 5) is 11.0. The van der Waals surface area contributed by atoms with E-state index < -0.39 is 11.5 Å². The van der Waals surface area contributed by atoms with Crippen LogP contribution in [0.15, 0.2) is 12.7 Å². The van der Waals surface area contributed by atoms with Crippen LogP contribution in [-0.2, 0) is 4.79 Å². The summed E-state index contributed by atoms with van der Waals surface area (Å²) in [5.74, 6) is -0.443. The molecule has 0 aromatic heterocycles. The van der Waals surface area contributed by atoms with Gasteiger partial charge in [-0.3, -0.25) is 10.1 Å². The first kappa shape index (κ1) is 12.2. The third-order valence-electron chi connectivity index (χ3n) is 1.93. The zero-order chi connectivity index (χ0) is 10.5. The van der Waals surface area contributed by atoms with Crippen molar-refractivity contribution in [3.8, 4) is 0 Å². The molecule has 0 aliphatic rings. The Morgan fingerprint density at radius 3 is 2.54 bits per heavy atom. The maximum absolute atomic E-state index is 11.0. The summed E-state index contributed by atoms with van der Waals surface area (Å²) in [6.45, 7) is 9.80. The van der Waals surface area contributed by atoms with Crippen molar-refractivity contribution in [2.24, 2.45) is 5.92 Å². The van der Waals surface area contributed by atoms with E-state index in [0.717, 1.165) is 0 Å². The number of carboxylic acids is 1. The molecule has 3 nitrogen and oxygen atoms in total. The number of carboxylic acid groups (broad SMARTS) is 1. The molecule has 1 atom stereocenters. The van der Waals surface area contributed by atoms with E-state index in [-0.39, 0.29) is 0 Å². The molecule has 0 fully saturated rings. The largest absolute Gasteiger partial charge is 0.480 e. The van der Waals surface area contributed by atoms with Crippen molar-refractivity contribution in [1.29, 1.82) is 0 Å². The van der Waals surface area contributed by atoms with E-state index >= 15 is 0 Å². The number of rotatable bonds is 6. The molecule has 0 bridgehead atoms. The molecule has 0 heterocycles. The van der Waals surface area contributed by atoms with Crippen LogP contribution in [0.1, 0.15) is 27.2 Å². The Balaban J connectivity index is 4.33. The predicted molar refractivity (Wildman–Crippen MR) is 53.7 cm³/mol.